The van der Waals surface area contributed by atoms with Crippen LogP contribution in [0.2, 0.25) is 5.02 Å². The molecule has 1 saturated heterocycles. The van der Waals surface area contributed by atoms with Gasteiger partial charge in [-0.3, -0.25) is 9.59 Å². The first-order chi connectivity index (χ1) is 15.5. The van der Waals surface area contributed by atoms with Gasteiger partial charge in [0, 0.05) is 36.3 Å². The van der Waals surface area contributed by atoms with Gasteiger partial charge in [-0.05, 0) is 54.6 Å². The van der Waals surface area contributed by atoms with Crippen molar-refractivity contribution in [3.05, 3.63) is 76.1 Å². The molecule has 0 spiro atoms. The van der Waals surface area contributed by atoms with Crippen LogP contribution >= 0.6 is 27.5 Å². The summed E-state index contributed by atoms with van der Waals surface area (Å²) >= 11 is 9.85. The van der Waals surface area contributed by atoms with Crippen LogP contribution in [0.15, 0.2) is 69.8 Å². The maximum absolute atomic E-state index is 12.4. The predicted molar refractivity (Wildman–Crippen MR) is 127 cm³/mol. The fraction of sp³-hybridized carbons (Fsp3) is 0.217. The van der Waals surface area contributed by atoms with E-state index in [2.05, 4.69) is 26.1 Å². The normalized spacial score (nSPS) is 13.7. The van der Waals surface area contributed by atoms with Crippen molar-refractivity contribution in [2.75, 3.05) is 43.0 Å². The van der Waals surface area contributed by atoms with Crippen molar-refractivity contribution in [2.24, 2.45) is 0 Å². The molecule has 0 unspecified atom stereocenters. The maximum atomic E-state index is 12.4. The van der Waals surface area contributed by atoms with Gasteiger partial charge < -0.3 is 24.3 Å². The second-order valence-electron chi connectivity index (χ2n) is 7.21. The van der Waals surface area contributed by atoms with E-state index < -0.39 is 0 Å². The predicted octanol–water partition coefficient (Wildman–Crippen LogP) is 4.68. The molecule has 2 amide bonds. The summed E-state index contributed by atoms with van der Waals surface area (Å²) in [5.41, 5.74) is 1.45. The number of amides is 2. The molecule has 0 bridgehead atoms. The zero-order chi connectivity index (χ0) is 22.5. The van der Waals surface area contributed by atoms with Crippen molar-refractivity contribution < 1.29 is 18.7 Å². The summed E-state index contributed by atoms with van der Waals surface area (Å²) < 4.78 is 11.6. The lowest BCUT2D eigenvalue weighted by Gasteiger charge is -2.36. The van der Waals surface area contributed by atoms with E-state index in [9.17, 15) is 9.59 Å². The van der Waals surface area contributed by atoms with Crippen molar-refractivity contribution in [2.45, 2.75) is 0 Å². The van der Waals surface area contributed by atoms with Crippen molar-refractivity contribution in [1.82, 2.24) is 4.90 Å². The molecule has 2 aromatic carbocycles. The van der Waals surface area contributed by atoms with Gasteiger partial charge in [0.05, 0.1) is 17.0 Å². The minimum absolute atomic E-state index is 0.105. The van der Waals surface area contributed by atoms with E-state index >= 15 is 0 Å². The second kappa shape index (κ2) is 10.1. The molecule has 1 aliphatic rings. The molecule has 4 rings (SSSR count). The number of carbonyl (C=O) groups is 2. The maximum Gasteiger partial charge on any atom is 0.289 e. The highest BCUT2D eigenvalue weighted by molar-refractivity contribution is 9.10. The molecule has 3 aromatic rings. The second-order valence-corrected chi connectivity index (χ2v) is 8.54. The van der Waals surface area contributed by atoms with Gasteiger partial charge in [0.25, 0.3) is 11.8 Å². The van der Waals surface area contributed by atoms with Crippen LogP contribution in [0.25, 0.3) is 0 Å². The number of carbonyl (C=O) groups excluding carboxylic acids is 2. The van der Waals surface area contributed by atoms with Gasteiger partial charge >= 0.3 is 0 Å². The van der Waals surface area contributed by atoms with Gasteiger partial charge in [-0.2, -0.15) is 0 Å². The molecule has 9 heteroatoms. The van der Waals surface area contributed by atoms with Crippen LogP contribution in [0.3, 0.4) is 0 Å². The first-order valence-electron chi connectivity index (χ1n) is 10.0. The summed E-state index contributed by atoms with van der Waals surface area (Å²) in [5.74, 6) is 0.577. The third kappa shape index (κ3) is 5.44. The van der Waals surface area contributed by atoms with Crippen molar-refractivity contribution in [3.63, 3.8) is 0 Å². The van der Waals surface area contributed by atoms with Gasteiger partial charge in [-0.1, -0.05) is 27.5 Å². The number of piperazine rings is 1. The molecule has 1 fully saturated rings. The van der Waals surface area contributed by atoms with Gasteiger partial charge in [0.15, 0.2) is 12.4 Å². The third-order valence-corrected chi connectivity index (χ3v) is 5.89. The van der Waals surface area contributed by atoms with Crippen LogP contribution < -0.4 is 15.0 Å². The molecule has 0 saturated carbocycles. The lowest BCUT2D eigenvalue weighted by Crippen LogP contribution is -2.48. The SMILES string of the molecule is O=C(COc1ccc(Br)cc1)Nc1ccc(N2CCN(C(=O)c3ccco3)CC2)c(Cl)c1. The van der Waals surface area contributed by atoms with Gasteiger partial charge in [0.2, 0.25) is 0 Å². The molecule has 0 aliphatic carbocycles. The molecule has 1 N–H and O–H groups in total. The minimum atomic E-state index is -0.276. The monoisotopic (exact) mass is 517 g/mol. The van der Waals surface area contributed by atoms with E-state index in [-0.39, 0.29) is 18.4 Å². The summed E-state index contributed by atoms with van der Waals surface area (Å²) in [6.07, 6.45) is 1.50. The number of anilines is 2. The lowest BCUT2D eigenvalue weighted by molar-refractivity contribution is -0.118. The highest BCUT2D eigenvalue weighted by atomic mass is 79.9. The Balaban J connectivity index is 1.30. The van der Waals surface area contributed by atoms with Crippen molar-refractivity contribution in [3.8, 4) is 5.75 Å². The zero-order valence-electron chi connectivity index (χ0n) is 17.1. The molecular formula is C23H21BrClN3O4. The first kappa shape index (κ1) is 22.2. The fourth-order valence-electron chi connectivity index (χ4n) is 3.42. The average molecular weight is 519 g/mol. The number of ether oxygens (including phenoxy) is 1. The Bertz CT molecular complexity index is 1080. The highest BCUT2D eigenvalue weighted by Crippen LogP contribution is 2.30. The number of nitrogens with one attached hydrogen (secondary N) is 1. The van der Waals surface area contributed by atoms with Crippen LogP contribution in [0, 0.1) is 0 Å². The summed E-state index contributed by atoms with van der Waals surface area (Å²) in [5, 5.41) is 3.32. The summed E-state index contributed by atoms with van der Waals surface area (Å²) in [7, 11) is 0. The van der Waals surface area contributed by atoms with E-state index in [1.165, 1.54) is 6.26 Å². The average Bonchev–Trinajstić information content (AvgIpc) is 3.34. The lowest BCUT2D eigenvalue weighted by atomic mass is 10.2. The number of halogens is 2. The largest absolute Gasteiger partial charge is 0.484 e. The third-order valence-electron chi connectivity index (χ3n) is 5.05. The number of hydrogen-bond acceptors (Lipinski definition) is 5. The van der Waals surface area contributed by atoms with Gasteiger partial charge in [0.1, 0.15) is 5.75 Å². The zero-order valence-corrected chi connectivity index (χ0v) is 19.4. The summed E-state index contributed by atoms with van der Waals surface area (Å²) in [6, 6.07) is 16.0. The van der Waals surface area contributed by atoms with E-state index in [0.29, 0.717) is 48.4 Å². The number of rotatable bonds is 6. The van der Waals surface area contributed by atoms with Crippen LogP contribution in [0.4, 0.5) is 11.4 Å². The Morgan fingerprint density at radius 3 is 2.47 bits per heavy atom. The molecule has 166 valence electrons. The Morgan fingerprint density at radius 1 is 1.06 bits per heavy atom. The Hall–Kier alpha value is -2.97. The van der Waals surface area contributed by atoms with Crippen molar-refractivity contribution in [1.29, 1.82) is 0 Å². The molecule has 1 aromatic heterocycles. The molecule has 7 nitrogen and oxygen atoms in total. The number of nitrogens with zero attached hydrogens (tertiary/aromatic N) is 2. The number of benzene rings is 2. The van der Waals surface area contributed by atoms with Gasteiger partial charge in [-0.15, -0.1) is 0 Å². The smallest absolute Gasteiger partial charge is 0.289 e. The Labute approximate surface area is 199 Å². The quantitative estimate of drug-likeness (QED) is 0.513. The van der Waals surface area contributed by atoms with E-state index in [1.54, 1.807) is 41.3 Å². The molecule has 1 aliphatic heterocycles. The number of hydrogen-bond donors (Lipinski definition) is 1. The molecule has 0 radical (unpaired) electrons. The topological polar surface area (TPSA) is 75.0 Å². The van der Waals surface area contributed by atoms with Crippen LogP contribution in [0.1, 0.15) is 10.6 Å². The standard InChI is InChI=1S/C23H21BrClN3O4/c24-16-3-6-18(7-4-16)32-15-22(29)26-17-5-8-20(19(25)14-17)27-9-11-28(12-10-27)23(30)21-2-1-13-31-21/h1-8,13-14H,9-12,15H2,(H,26,29). The Kier molecular flexibility index (Phi) is 7.02. The summed E-state index contributed by atoms with van der Waals surface area (Å²) in [4.78, 5) is 28.5. The molecule has 2 heterocycles. The molecular weight excluding hydrogens is 498 g/mol. The molecule has 0 atom stereocenters. The van der Waals surface area contributed by atoms with Crippen LogP contribution in [-0.4, -0.2) is 49.5 Å². The molecule has 32 heavy (non-hydrogen) atoms. The highest BCUT2D eigenvalue weighted by Gasteiger charge is 2.24. The first-order valence-corrected chi connectivity index (χ1v) is 11.2. The van der Waals surface area contributed by atoms with E-state index in [0.717, 1.165) is 10.2 Å². The van der Waals surface area contributed by atoms with Crippen molar-refractivity contribution >= 4 is 50.7 Å². The van der Waals surface area contributed by atoms with Gasteiger partial charge in [-0.25, -0.2) is 0 Å². The van der Waals surface area contributed by atoms with Crippen LogP contribution in [-0.2, 0) is 4.79 Å². The minimum Gasteiger partial charge on any atom is -0.484 e. The Morgan fingerprint density at radius 2 is 1.81 bits per heavy atom. The van der Waals surface area contributed by atoms with Crippen LogP contribution in [0.5, 0.6) is 5.75 Å². The fourth-order valence-corrected chi connectivity index (χ4v) is 3.99. The van der Waals surface area contributed by atoms with E-state index in [4.69, 9.17) is 20.8 Å². The number of furan rings is 1. The summed E-state index contributed by atoms with van der Waals surface area (Å²) in [6.45, 7) is 2.34. The van der Waals surface area contributed by atoms with E-state index in [1.807, 2.05) is 18.2 Å².